The zero-order valence-electron chi connectivity index (χ0n) is 28.3. The van der Waals surface area contributed by atoms with Crippen LogP contribution in [-0.2, 0) is 5.41 Å². The number of nitriles is 1. The van der Waals surface area contributed by atoms with Gasteiger partial charge >= 0.3 is 0 Å². The molecule has 0 unspecified atom stereocenters. The van der Waals surface area contributed by atoms with E-state index in [0.29, 0.717) is 22.7 Å². The summed E-state index contributed by atoms with van der Waals surface area (Å²) in [5.41, 5.74) is 14.9. The van der Waals surface area contributed by atoms with Gasteiger partial charge in [0.15, 0.2) is 11.4 Å². The van der Waals surface area contributed by atoms with Gasteiger partial charge in [0.2, 0.25) is 0 Å². The maximum absolute atomic E-state index is 9.38. The molecule has 0 atom stereocenters. The Morgan fingerprint density at radius 1 is 0.558 bits per heavy atom. The maximum atomic E-state index is 9.38. The molecule has 0 radical (unpaired) electrons. The Hall–Kier alpha value is -6.51. The highest BCUT2D eigenvalue weighted by atomic mass is 16.3. The number of benzene rings is 6. The molecule has 0 saturated heterocycles. The highest BCUT2D eigenvalue weighted by Gasteiger charge is 2.44. The van der Waals surface area contributed by atoms with Crippen LogP contribution < -0.4 is 0 Å². The van der Waals surface area contributed by atoms with Crippen molar-refractivity contribution in [1.29, 1.82) is 5.26 Å². The summed E-state index contributed by atoms with van der Waals surface area (Å²) in [5.74, 6) is 0.569. The summed E-state index contributed by atoms with van der Waals surface area (Å²) < 4.78 is 13.3. The van der Waals surface area contributed by atoms with Gasteiger partial charge in [-0.25, -0.2) is 9.97 Å². The van der Waals surface area contributed by atoms with Crippen LogP contribution in [0.4, 0.5) is 0 Å². The Kier molecular flexibility index (Phi) is 6.18. The molecule has 6 aromatic carbocycles. The van der Waals surface area contributed by atoms with Gasteiger partial charge < -0.3 is 8.83 Å². The number of para-hydroxylation sites is 2. The summed E-state index contributed by atoms with van der Waals surface area (Å²) in [4.78, 5) is 10.1. The highest BCUT2D eigenvalue weighted by Crippen LogP contribution is 2.58. The molecule has 11 rings (SSSR count). The second-order valence-corrected chi connectivity index (χ2v) is 14.3. The summed E-state index contributed by atoms with van der Waals surface area (Å²) in [7, 11) is 0. The Labute approximate surface area is 299 Å². The lowest BCUT2D eigenvalue weighted by molar-refractivity contribution is 0.353. The monoisotopic (exact) mass is 669 g/mol. The van der Waals surface area contributed by atoms with Crippen LogP contribution in [0.25, 0.3) is 88.9 Å². The second-order valence-electron chi connectivity index (χ2n) is 14.3. The number of nitrogens with zero attached hydrogens (tertiary/aromatic N) is 3. The standard InChI is InChI=1S/C47H31N3O2/c48-27-28-18-20-29(21-19-28)46-49-42(45-43(50-46)36-11-3-5-17-39(36)51-45)30-22-23-31-33-13-8-14-34(44(33)52-40(31)26-30)32-12-9-16-38-41(32)35-10-2-4-15-37(35)47(38)24-6-1-7-25-47/h2-5,8-23,26H,1,6-7,24-25H2. The van der Waals surface area contributed by atoms with E-state index in [1.165, 1.54) is 59.9 Å². The van der Waals surface area contributed by atoms with Gasteiger partial charge in [0.05, 0.1) is 11.6 Å². The van der Waals surface area contributed by atoms with Crippen molar-refractivity contribution in [3.63, 3.8) is 0 Å². The van der Waals surface area contributed by atoms with Crippen LogP contribution in [0.5, 0.6) is 0 Å². The summed E-state index contributed by atoms with van der Waals surface area (Å²) in [6.07, 6.45) is 6.24. The van der Waals surface area contributed by atoms with Gasteiger partial charge in [-0.15, -0.1) is 0 Å². The minimum absolute atomic E-state index is 0.0903. The lowest BCUT2D eigenvalue weighted by atomic mass is 9.68. The predicted octanol–water partition coefficient (Wildman–Crippen LogP) is 12.4. The van der Waals surface area contributed by atoms with Crippen molar-refractivity contribution in [1.82, 2.24) is 9.97 Å². The van der Waals surface area contributed by atoms with E-state index in [1.54, 1.807) is 12.1 Å². The fourth-order valence-electron chi connectivity index (χ4n) is 9.19. The van der Waals surface area contributed by atoms with Crippen molar-refractivity contribution in [3.05, 3.63) is 144 Å². The molecule has 5 heteroatoms. The van der Waals surface area contributed by atoms with E-state index in [-0.39, 0.29) is 5.41 Å². The molecule has 3 aromatic heterocycles. The van der Waals surface area contributed by atoms with E-state index in [9.17, 15) is 5.26 Å². The van der Waals surface area contributed by atoms with Crippen molar-refractivity contribution in [2.45, 2.75) is 37.5 Å². The van der Waals surface area contributed by atoms with Crippen molar-refractivity contribution >= 4 is 44.0 Å². The van der Waals surface area contributed by atoms with Crippen LogP contribution in [0.2, 0.25) is 0 Å². The molecular formula is C47H31N3O2. The summed E-state index contributed by atoms with van der Waals surface area (Å²) in [6, 6.07) is 46.3. The molecule has 5 nitrogen and oxygen atoms in total. The topological polar surface area (TPSA) is 75.8 Å². The van der Waals surface area contributed by atoms with Gasteiger partial charge in [-0.05, 0) is 89.2 Å². The summed E-state index contributed by atoms with van der Waals surface area (Å²) in [5, 5.41) is 12.4. The van der Waals surface area contributed by atoms with Gasteiger partial charge in [-0.3, -0.25) is 0 Å². The first-order chi connectivity index (χ1) is 25.7. The van der Waals surface area contributed by atoms with E-state index in [0.717, 1.165) is 55.1 Å². The molecule has 0 aliphatic heterocycles. The fraction of sp³-hybridized carbons (Fsp3) is 0.128. The number of rotatable bonds is 3. The Balaban J connectivity index is 1.11. The van der Waals surface area contributed by atoms with E-state index in [1.807, 2.05) is 36.4 Å². The maximum Gasteiger partial charge on any atom is 0.180 e. The fourth-order valence-corrected chi connectivity index (χ4v) is 9.19. The molecule has 9 aromatic rings. The van der Waals surface area contributed by atoms with Crippen LogP contribution in [0.15, 0.2) is 136 Å². The molecular weight excluding hydrogens is 639 g/mol. The third-order valence-electron chi connectivity index (χ3n) is 11.6. The Morgan fingerprint density at radius 2 is 1.27 bits per heavy atom. The molecule has 1 spiro atoms. The third-order valence-corrected chi connectivity index (χ3v) is 11.6. The van der Waals surface area contributed by atoms with Crippen molar-refractivity contribution < 1.29 is 8.83 Å². The van der Waals surface area contributed by atoms with Crippen molar-refractivity contribution in [2.24, 2.45) is 0 Å². The van der Waals surface area contributed by atoms with Gasteiger partial charge in [0, 0.05) is 38.3 Å². The third kappa shape index (κ3) is 4.09. The number of furan rings is 2. The Morgan fingerprint density at radius 3 is 2.15 bits per heavy atom. The zero-order valence-corrected chi connectivity index (χ0v) is 28.3. The van der Waals surface area contributed by atoms with Crippen molar-refractivity contribution in [3.8, 4) is 51.0 Å². The molecule has 2 aliphatic rings. The van der Waals surface area contributed by atoms with E-state index < -0.39 is 0 Å². The van der Waals surface area contributed by atoms with E-state index in [4.69, 9.17) is 18.8 Å². The molecule has 0 amide bonds. The van der Waals surface area contributed by atoms with Gasteiger partial charge in [0.1, 0.15) is 28.0 Å². The largest absolute Gasteiger partial charge is 0.455 e. The lowest BCUT2D eigenvalue weighted by Gasteiger charge is -2.36. The van der Waals surface area contributed by atoms with Crippen LogP contribution in [-0.4, -0.2) is 9.97 Å². The molecule has 246 valence electrons. The zero-order chi connectivity index (χ0) is 34.4. The summed E-state index contributed by atoms with van der Waals surface area (Å²) >= 11 is 0. The molecule has 3 heterocycles. The molecule has 2 aliphatic carbocycles. The van der Waals surface area contributed by atoms with E-state index >= 15 is 0 Å². The minimum Gasteiger partial charge on any atom is -0.455 e. The number of fused-ring (bicyclic) bond motifs is 11. The number of hydrogen-bond donors (Lipinski definition) is 0. The van der Waals surface area contributed by atoms with Crippen LogP contribution in [0, 0.1) is 11.3 Å². The average molecular weight is 670 g/mol. The highest BCUT2D eigenvalue weighted by molar-refractivity contribution is 6.13. The van der Waals surface area contributed by atoms with Gasteiger partial charge in [-0.1, -0.05) is 98.1 Å². The lowest BCUT2D eigenvalue weighted by Crippen LogP contribution is -2.27. The molecule has 1 fully saturated rings. The first-order valence-electron chi connectivity index (χ1n) is 18.1. The van der Waals surface area contributed by atoms with Gasteiger partial charge in [-0.2, -0.15) is 5.26 Å². The molecule has 52 heavy (non-hydrogen) atoms. The first kappa shape index (κ1) is 29.2. The summed E-state index contributed by atoms with van der Waals surface area (Å²) in [6.45, 7) is 0. The first-order valence-corrected chi connectivity index (χ1v) is 18.1. The SMILES string of the molecule is N#Cc1ccc(-c2nc(-c3ccc4c(c3)oc3c(-c5cccc6c5-c5ccccc5C65CCCCC5)cccc34)c3oc4ccccc4c3n2)cc1. The van der Waals surface area contributed by atoms with Crippen LogP contribution in [0.1, 0.15) is 48.8 Å². The number of hydrogen-bond acceptors (Lipinski definition) is 5. The molecule has 0 N–H and O–H groups in total. The Bertz CT molecular complexity index is 2950. The minimum atomic E-state index is 0.0903. The second kappa shape index (κ2) is 11.0. The van der Waals surface area contributed by atoms with E-state index in [2.05, 4.69) is 84.9 Å². The average Bonchev–Trinajstić information content (AvgIpc) is 3.86. The smallest absolute Gasteiger partial charge is 0.180 e. The molecule has 1 saturated carbocycles. The van der Waals surface area contributed by atoms with Crippen molar-refractivity contribution in [2.75, 3.05) is 0 Å². The normalized spacial score (nSPS) is 14.7. The molecule has 0 bridgehead atoms. The quantitative estimate of drug-likeness (QED) is 0.187. The van der Waals surface area contributed by atoms with Gasteiger partial charge in [0.25, 0.3) is 0 Å². The number of aromatic nitrogens is 2. The predicted molar refractivity (Wildman–Crippen MR) is 207 cm³/mol. The van der Waals surface area contributed by atoms with Crippen LogP contribution >= 0.6 is 0 Å². The van der Waals surface area contributed by atoms with Crippen LogP contribution in [0.3, 0.4) is 0 Å².